The molecule has 2 heterocycles. The van der Waals surface area contributed by atoms with E-state index in [1.165, 1.54) is 35.2 Å². The summed E-state index contributed by atoms with van der Waals surface area (Å²) in [5.74, 6) is -2.84. The number of benzene rings is 1. The monoisotopic (exact) mass is 259 g/mol. The first kappa shape index (κ1) is 11.5. The number of fused-ring (bicyclic) bond motifs is 1. The van der Waals surface area contributed by atoms with Crippen LogP contribution < -0.4 is 0 Å². The molecule has 94 valence electrons. The Labute approximate surface area is 106 Å². The number of aromatic nitrogens is 3. The van der Waals surface area contributed by atoms with Crippen LogP contribution in [-0.4, -0.2) is 20.4 Å². The van der Waals surface area contributed by atoms with Crippen molar-refractivity contribution in [1.29, 1.82) is 0 Å². The number of hydrogen-bond acceptors (Lipinski definition) is 3. The van der Waals surface area contributed by atoms with Crippen molar-refractivity contribution in [2.45, 2.75) is 0 Å². The summed E-state index contributed by atoms with van der Waals surface area (Å²) in [5, 5.41) is 3.96. The molecule has 0 N–H and O–H groups in total. The Hall–Kier alpha value is -2.63. The lowest BCUT2D eigenvalue weighted by Gasteiger charge is -2.01. The Bertz CT molecular complexity index is 782. The van der Waals surface area contributed by atoms with Crippen LogP contribution >= 0.6 is 0 Å². The van der Waals surface area contributed by atoms with Crippen molar-refractivity contribution in [2.75, 3.05) is 0 Å². The molecule has 2 aromatic heterocycles. The second-order valence-electron chi connectivity index (χ2n) is 3.89. The molecule has 0 aliphatic rings. The van der Waals surface area contributed by atoms with E-state index in [1.54, 1.807) is 6.20 Å². The van der Waals surface area contributed by atoms with Crippen molar-refractivity contribution in [3.63, 3.8) is 0 Å². The van der Waals surface area contributed by atoms with Gasteiger partial charge in [0, 0.05) is 12.4 Å². The summed E-state index contributed by atoms with van der Waals surface area (Å²) in [6.07, 6.45) is 5.83. The van der Waals surface area contributed by atoms with Crippen molar-refractivity contribution in [3.05, 3.63) is 65.7 Å². The maximum absolute atomic E-state index is 13.6. The highest BCUT2D eigenvalue weighted by Crippen LogP contribution is 2.18. The lowest BCUT2D eigenvalue weighted by Crippen LogP contribution is -2.05. The molecule has 0 aliphatic heterocycles. The smallest absolute Gasteiger partial charge is 0.199 e. The minimum absolute atomic E-state index is 0.178. The summed E-state index contributed by atoms with van der Waals surface area (Å²) >= 11 is 0. The summed E-state index contributed by atoms with van der Waals surface area (Å²) in [7, 11) is 0. The van der Waals surface area contributed by atoms with Crippen LogP contribution in [0.25, 0.3) is 5.52 Å². The average molecular weight is 259 g/mol. The Morgan fingerprint density at radius 3 is 2.84 bits per heavy atom. The van der Waals surface area contributed by atoms with Gasteiger partial charge in [-0.15, -0.1) is 0 Å². The Morgan fingerprint density at radius 2 is 2.00 bits per heavy atom. The number of halogens is 2. The first-order valence-electron chi connectivity index (χ1n) is 5.44. The van der Waals surface area contributed by atoms with Crippen LogP contribution in [0, 0.1) is 11.6 Å². The van der Waals surface area contributed by atoms with E-state index in [-0.39, 0.29) is 11.1 Å². The minimum atomic E-state index is -1.16. The van der Waals surface area contributed by atoms with Gasteiger partial charge in [-0.05, 0) is 12.1 Å². The molecule has 0 bridgehead atoms. The molecule has 0 saturated heterocycles. The predicted octanol–water partition coefficient (Wildman–Crippen LogP) is 2.24. The zero-order chi connectivity index (χ0) is 13.4. The third kappa shape index (κ3) is 1.77. The molecule has 0 atom stereocenters. The molecular weight excluding hydrogens is 252 g/mol. The van der Waals surface area contributed by atoms with E-state index >= 15 is 0 Å². The van der Waals surface area contributed by atoms with Gasteiger partial charge in [0.2, 0.25) is 0 Å². The van der Waals surface area contributed by atoms with Crippen LogP contribution in [0.4, 0.5) is 8.78 Å². The Balaban J connectivity index is 2.17. The van der Waals surface area contributed by atoms with Gasteiger partial charge in [-0.1, -0.05) is 6.07 Å². The number of rotatable bonds is 2. The molecule has 3 rings (SSSR count). The Morgan fingerprint density at radius 1 is 1.16 bits per heavy atom. The molecule has 4 nitrogen and oxygen atoms in total. The van der Waals surface area contributed by atoms with Gasteiger partial charge in [-0.25, -0.2) is 13.3 Å². The number of hydrogen-bond donors (Lipinski definition) is 0. The fraction of sp³-hybridized carbons (Fsp3) is 0. The van der Waals surface area contributed by atoms with Gasteiger partial charge in [-0.3, -0.25) is 9.78 Å². The zero-order valence-corrected chi connectivity index (χ0v) is 9.55. The highest BCUT2D eigenvalue weighted by molar-refractivity contribution is 6.13. The molecule has 0 radical (unpaired) electrons. The minimum Gasteiger partial charge on any atom is -0.288 e. The van der Waals surface area contributed by atoms with Crippen molar-refractivity contribution < 1.29 is 13.6 Å². The van der Waals surface area contributed by atoms with Crippen molar-refractivity contribution >= 4 is 11.3 Å². The first-order chi connectivity index (χ1) is 9.18. The molecule has 6 heteroatoms. The molecule has 0 fully saturated rings. The SMILES string of the molecule is O=C(c1cccc(F)c1F)c1cnn2ccncc12. The maximum atomic E-state index is 13.6. The molecule has 0 unspecified atom stereocenters. The van der Waals surface area contributed by atoms with E-state index in [1.807, 2.05) is 0 Å². The van der Waals surface area contributed by atoms with E-state index in [9.17, 15) is 13.6 Å². The third-order valence-electron chi connectivity index (χ3n) is 2.77. The summed E-state index contributed by atoms with van der Waals surface area (Å²) < 4.78 is 28.2. The number of nitrogens with zero attached hydrogens (tertiary/aromatic N) is 3. The summed E-state index contributed by atoms with van der Waals surface area (Å²) in [5.41, 5.74) is 0.299. The summed E-state index contributed by atoms with van der Waals surface area (Å²) in [4.78, 5) is 16.1. The Kier molecular flexibility index (Phi) is 2.56. The van der Waals surface area contributed by atoms with Gasteiger partial charge < -0.3 is 0 Å². The second-order valence-corrected chi connectivity index (χ2v) is 3.89. The van der Waals surface area contributed by atoms with E-state index in [2.05, 4.69) is 10.1 Å². The van der Waals surface area contributed by atoms with Gasteiger partial charge in [0.05, 0.1) is 29.0 Å². The second kappa shape index (κ2) is 4.24. The molecule has 19 heavy (non-hydrogen) atoms. The standard InChI is InChI=1S/C13H7F2N3O/c14-10-3-1-2-8(12(10)15)13(19)9-6-17-18-5-4-16-7-11(9)18/h1-7H. The third-order valence-corrected chi connectivity index (χ3v) is 2.77. The van der Waals surface area contributed by atoms with Crippen LogP contribution in [0.15, 0.2) is 43.0 Å². The van der Waals surface area contributed by atoms with Gasteiger partial charge in [-0.2, -0.15) is 5.10 Å². The van der Waals surface area contributed by atoms with E-state index in [0.717, 1.165) is 6.07 Å². The number of carbonyl (C=O) groups is 1. The van der Waals surface area contributed by atoms with Crippen molar-refractivity contribution in [1.82, 2.24) is 14.6 Å². The fourth-order valence-electron chi connectivity index (χ4n) is 1.83. The quantitative estimate of drug-likeness (QED) is 0.663. The van der Waals surface area contributed by atoms with Crippen molar-refractivity contribution in [2.24, 2.45) is 0 Å². The predicted molar refractivity (Wildman–Crippen MR) is 62.8 cm³/mol. The highest BCUT2D eigenvalue weighted by Gasteiger charge is 2.20. The molecule has 0 saturated carbocycles. The van der Waals surface area contributed by atoms with E-state index < -0.39 is 17.4 Å². The lowest BCUT2D eigenvalue weighted by molar-refractivity contribution is 0.103. The number of ketones is 1. The number of carbonyl (C=O) groups excluding carboxylic acids is 1. The highest BCUT2D eigenvalue weighted by atomic mass is 19.2. The average Bonchev–Trinajstić information content (AvgIpc) is 2.85. The van der Waals surface area contributed by atoms with Crippen LogP contribution in [0.5, 0.6) is 0 Å². The summed E-state index contributed by atoms with van der Waals surface area (Å²) in [6, 6.07) is 3.49. The topological polar surface area (TPSA) is 47.3 Å². The normalized spacial score (nSPS) is 10.8. The van der Waals surface area contributed by atoms with E-state index in [0.29, 0.717) is 5.52 Å². The summed E-state index contributed by atoms with van der Waals surface area (Å²) in [6.45, 7) is 0. The molecular formula is C13H7F2N3O. The van der Waals surface area contributed by atoms with Crippen LogP contribution in [0.3, 0.4) is 0 Å². The molecule has 0 spiro atoms. The van der Waals surface area contributed by atoms with Gasteiger partial charge in [0.1, 0.15) is 0 Å². The lowest BCUT2D eigenvalue weighted by atomic mass is 10.0. The van der Waals surface area contributed by atoms with Gasteiger partial charge >= 0.3 is 0 Å². The van der Waals surface area contributed by atoms with Crippen LogP contribution in [0.1, 0.15) is 15.9 Å². The van der Waals surface area contributed by atoms with E-state index in [4.69, 9.17) is 0 Å². The maximum Gasteiger partial charge on any atom is 0.199 e. The van der Waals surface area contributed by atoms with Gasteiger partial charge in [0.25, 0.3) is 0 Å². The van der Waals surface area contributed by atoms with Gasteiger partial charge in [0.15, 0.2) is 17.4 Å². The molecule has 0 aliphatic carbocycles. The molecule has 0 amide bonds. The fourth-order valence-corrected chi connectivity index (χ4v) is 1.83. The first-order valence-corrected chi connectivity index (χ1v) is 5.44. The van der Waals surface area contributed by atoms with Crippen molar-refractivity contribution in [3.8, 4) is 0 Å². The van der Waals surface area contributed by atoms with Crippen LogP contribution in [-0.2, 0) is 0 Å². The molecule has 1 aromatic carbocycles. The largest absolute Gasteiger partial charge is 0.288 e. The van der Waals surface area contributed by atoms with Crippen LogP contribution in [0.2, 0.25) is 0 Å². The zero-order valence-electron chi connectivity index (χ0n) is 9.55. The molecule has 3 aromatic rings.